The minimum absolute atomic E-state index is 0.623. The van der Waals surface area contributed by atoms with Gasteiger partial charge in [0.2, 0.25) is 5.95 Å². The Balaban J connectivity index is 1.50. The SMILES string of the molecule is Nc1cccc(C#Cc2cnc(NCCN3CCOCC3)nc2)c1. The number of nitrogens with one attached hydrogen (secondary N) is 1. The van der Waals surface area contributed by atoms with Gasteiger partial charge in [-0.3, -0.25) is 4.90 Å². The average molecular weight is 323 g/mol. The zero-order chi connectivity index (χ0) is 16.6. The normalized spacial score (nSPS) is 14.7. The van der Waals surface area contributed by atoms with Crippen LogP contribution in [0.25, 0.3) is 0 Å². The zero-order valence-corrected chi connectivity index (χ0v) is 13.5. The lowest BCUT2D eigenvalue weighted by atomic mass is 10.2. The van der Waals surface area contributed by atoms with E-state index >= 15 is 0 Å². The van der Waals surface area contributed by atoms with E-state index in [4.69, 9.17) is 10.5 Å². The number of aromatic nitrogens is 2. The Morgan fingerprint density at radius 1 is 1.12 bits per heavy atom. The summed E-state index contributed by atoms with van der Waals surface area (Å²) < 4.78 is 5.33. The highest BCUT2D eigenvalue weighted by atomic mass is 16.5. The topological polar surface area (TPSA) is 76.3 Å². The zero-order valence-electron chi connectivity index (χ0n) is 13.5. The van der Waals surface area contributed by atoms with Crippen LogP contribution in [0.5, 0.6) is 0 Å². The number of nitrogen functional groups attached to an aromatic ring is 1. The van der Waals surface area contributed by atoms with Crippen molar-refractivity contribution in [2.45, 2.75) is 0 Å². The van der Waals surface area contributed by atoms with Gasteiger partial charge in [0.1, 0.15) is 0 Å². The Bertz CT molecular complexity index is 714. The quantitative estimate of drug-likeness (QED) is 0.650. The molecular weight excluding hydrogens is 302 g/mol. The van der Waals surface area contributed by atoms with Crippen LogP contribution in [-0.2, 0) is 4.74 Å². The molecule has 0 aliphatic carbocycles. The highest BCUT2D eigenvalue weighted by molar-refractivity contribution is 5.49. The van der Waals surface area contributed by atoms with Crippen molar-refractivity contribution in [3.05, 3.63) is 47.8 Å². The molecule has 1 aromatic heterocycles. The number of morpholine rings is 1. The van der Waals surface area contributed by atoms with Crippen LogP contribution < -0.4 is 11.1 Å². The molecule has 3 rings (SSSR count). The van der Waals surface area contributed by atoms with Gasteiger partial charge in [-0.25, -0.2) is 9.97 Å². The fraction of sp³-hybridized carbons (Fsp3) is 0.333. The van der Waals surface area contributed by atoms with Crippen LogP contribution in [-0.4, -0.2) is 54.3 Å². The lowest BCUT2D eigenvalue weighted by Crippen LogP contribution is -2.39. The Morgan fingerprint density at radius 2 is 1.88 bits per heavy atom. The van der Waals surface area contributed by atoms with Gasteiger partial charge in [-0.05, 0) is 18.2 Å². The molecule has 24 heavy (non-hydrogen) atoms. The summed E-state index contributed by atoms with van der Waals surface area (Å²) in [5.41, 5.74) is 8.09. The van der Waals surface area contributed by atoms with E-state index in [1.807, 2.05) is 24.3 Å². The minimum Gasteiger partial charge on any atom is -0.399 e. The number of benzene rings is 1. The highest BCUT2D eigenvalue weighted by Crippen LogP contribution is 2.05. The van der Waals surface area contributed by atoms with Crippen molar-refractivity contribution in [1.29, 1.82) is 0 Å². The van der Waals surface area contributed by atoms with Crippen molar-refractivity contribution in [3.8, 4) is 11.8 Å². The number of anilines is 2. The Morgan fingerprint density at radius 3 is 2.62 bits per heavy atom. The lowest BCUT2D eigenvalue weighted by molar-refractivity contribution is 0.0398. The second-order valence-corrected chi connectivity index (χ2v) is 5.55. The first-order valence-electron chi connectivity index (χ1n) is 8.03. The molecule has 0 bridgehead atoms. The molecule has 0 radical (unpaired) electrons. The third-order valence-corrected chi connectivity index (χ3v) is 3.70. The van der Waals surface area contributed by atoms with E-state index in [-0.39, 0.29) is 0 Å². The molecule has 6 heteroatoms. The molecule has 1 aromatic carbocycles. The maximum atomic E-state index is 5.74. The summed E-state index contributed by atoms with van der Waals surface area (Å²) in [6, 6.07) is 7.49. The molecule has 1 aliphatic rings. The molecule has 1 saturated heterocycles. The first-order valence-corrected chi connectivity index (χ1v) is 8.03. The molecule has 2 aromatic rings. The molecule has 0 amide bonds. The van der Waals surface area contributed by atoms with Gasteiger partial charge < -0.3 is 15.8 Å². The van der Waals surface area contributed by atoms with Gasteiger partial charge in [0.25, 0.3) is 0 Å². The standard InChI is InChI=1S/C18H21N5O/c19-17-3-1-2-15(12-17)4-5-16-13-21-18(22-14-16)20-6-7-23-8-10-24-11-9-23/h1-3,12-14H,6-11,19H2,(H,20,21,22). The molecule has 0 spiro atoms. The second kappa shape index (κ2) is 8.29. The van der Waals surface area contributed by atoms with Crippen LogP contribution in [0.4, 0.5) is 11.6 Å². The van der Waals surface area contributed by atoms with E-state index in [1.54, 1.807) is 12.4 Å². The van der Waals surface area contributed by atoms with Crippen LogP contribution >= 0.6 is 0 Å². The number of nitrogens with zero attached hydrogens (tertiary/aromatic N) is 3. The van der Waals surface area contributed by atoms with Crippen LogP contribution in [0.15, 0.2) is 36.7 Å². The van der Waals surface area contributed by atoms with Crippen molar-refractivity contribution >= 4 is 11.6 Å². The summed E-state index contributed by atoms with van der Waals surface area (Å²) in [5.74, 6) is 6.72. The highest BCUT2D eigenvalue weighted by Gasteiger charge is 2.09. The molecule has 0 saturated carbocycles. The lowest BCUT2D eigenvalue weighted by Gasteiger charge is -2.26. The molecule has 1 fully saturated rings. The van der Waals surface area contributed by atoms with Crippen molar-refractivity contribution in [2.75, 3.05) is 50.4 Å². The van der Waals surface area contributed by atoms with Gasteiger partial charge in [0, 0.05) is 49.8 Å². The Labute approximate surface area is 142 Å². The maximum Gasteiger partial charge on any atom is 0.222 e. The fourth-order valence-corrected chi connectivity index (χ4v) is 2.40. The van der Waals surface area contributed by atoms with Crippen LogP contribution in [0.3, 0.4) is 0 Å². The third kappa shape index (κ3) is 4.95. The molecule has 0 atom stereocenters. The monoisotopic (exact) mass is 323 g/mol. The van der Waals surface area contributed by atoms with Gasteiger partial charge in [-0.1, -0.05) is 17.9 Å². The molecule has 124 valence electrons. The van der Waals surface area contributed by atoms with Crippen molar-refractivity contribution in [2.24, 2.45) is 0 Å². The van der Waals surface area contributed by atoms with E-state index < -0.39 is 0 Å². The van der Waals surface area contributed by atoms with Gasteiger partial charge in [-0.2, -0.15) is 0 Å². The van der Waals surface area contributed by atoms with Crippen molar-refractivity contribution < 1.29 is 4.74 Å². The first-order chi connectivity index (χ1) is 11.8. The summed E-state index contributed by atoms with van der Waals surface area (Å²) >= 11 is 0. The number of ether oxygens (including phenoxy) is 1. The molecule has 6 nitrogen and oxygen atoms in total. The van der Waals surface area contributed by atoms with Gasteiger partial charge >= 0.3 is 0 Å². The van der Waals surface area contributed by atoms with Crippen molar-refractivity contribution in [3.63, 3.8) is 0 Å². The molecule has 2 heterocycles. The van der Waals surface area contributed by atoms with E-state index in [9.17, 15) is 0 Å². The number of nitrogens with two attached hydrogens (primary N) is 1. The van der Waals surface area contributed by atoms with Crippen LogP contribution in [0.2, 0.25) is 0 Å². The summed E-state index contributed by atoms with van der Waals surface area (Å²) in [7, 11) is 0. The van der Waals surface area contributed by atoms with Gasteiger partial charge in [-0.15, -0.1) is 0 Å². The van der Waals surface area contributed by atoms with Crippen molar-refractivity contribution in [1.82, 2.24) is 14.9 Å². The number of rotatable bonds is 4. The van der Waals surface area contributed by atoms with E-state index in [0.717, 1.165) is 50.5 Å². The van der Waals surface area contributed by atoms with E-state index in [0.29, 0.717) is 11.6 Å². The molecule has 3 N–H and O–H groups in total. The summed E-state index contributed by atoms with van der Waals surface area (Å²) in [5, 5.41) is 3.23. The third-order valence-electron chi connectivity index (χ3n) is 3.70. The largest absolute Gasteiger partial charge is 0.399 e. The van der Waals surface area contributed by atoms with E-state index in [1.165, 1.54) is 0 Å². The van der Waals surface area contributed by atoms with Gasteiger partial charge in [0.05, 0.1) is 18.8 Å². The predicted molar refractivity (Wildman–Crippen MR) is 94.6 cm³/mol. The minimum atomic E-state index is 0.623. The average Bonchev–Trinajstić information content (AvgIpc) is 2.62. The maximum absolute atomic E-state index is 5.74. The summed E-state index contributed by atoms with van der Waals surface area (Å²) in [4.78, 5) is 11.0. The molecule has 1 aliphatic heterocycles. The Hall–Kier alpha value is -2.62. The van der Waals surface area contributed by atoms with Crippen LogP contribution in [0.1, 0.15) is 11.1 Å². The number of hydrogen-bond acceptors (Lipinski definition) is 6. The Kier molecular flexibility index (Phi) is 5.61. The summed E-state index contributed by atoms with van der Waals surface area (Å²) in [6.45, 7) is 5.38. The predicted octanol–water partition coefficient (Wildman–Crippen LogP) is 1.20. The van der Waals surface area contributed by atoms with Gasteiger partial charge in [0.15, 0.2) is 0 Å². The second-order valence-electron chi connectivity index (χ2n) is 5.55. The van der Waals surface area contributed by atoms with Crippen LogP contribution in [0, 0.1) is 11.8 Å². The fourth-order valence-electron chi connectivity index (χ4n) is 2.40. The summed E-state index contributed by atoms with van der Waals surface area (Å²) in [6.07, 6.45) is 3.45. The first kappa shape index (κ1) is 16.2. The molecular formula is C18H21N5O. The number of hydrogen-bond donors (Lipinski definition) is 2. The molecule has 0 unspecified atom stereocenters. The van der Waals surface area contributed by atoms with E-state index in [2.05, 4.69) is 32.0 Å². The smallest absolute Gasteiger partial charge is 0.222 e.